The summed E-state index contributed by atoms with van der Waals surface area (Å²) >= 11 is 0. The van der Waals surface area contributed by atoms with Gasteiger partial charge in [-0.15, -0.1) is 0 Å². The summed E-state index contributed by atoms with van der Waals surface area (Å²) in [4.78, 5) is 22.3. The average molecular weight is 235 g/mol. The molecule has 1 spiro atoms. The van der Waals surface area contributed by atoms with Crippen LogP contribution < -0.4 is 0 Å². The van der Waals surface area contributed by atoms with Crippen molar-refractivity contribution >= 4 is 5.78 Å². The molecule has 94 valence electrons. The van der Waals surface area contributed by atoms with E-state index in [0.717, 1.165) is 12.8 Å². The van der Waals surface area contributed by atoms with Crippen molar-refractivity contribution in [3.05, 3.63) is 16.6 Å². The minimum atomic E-state index is -0.256. The maximum Gasteiger partial charge on any atom is 0.145 e. The van der Waals surface area contributed by atoms with Crippen molar-refractivity contribution in [1.82, 2.24) is 0 Å². The van der Waals surface area contributed by atoms with E-state index in [4.69, 9.17) is 0 Å². The van der Waals surface area contributed by atoms with Gasteiger partial charge in [0.2, 0.25) is 0 Å². The van der Waals surface area contributed by atoms with Crippen LogP contribution in [0.3, 0.4) is 0 Å². The van der Waals surface area contributed by atoms with E-state index in [2.05, 4.69) is 18.2 Å². The third kappa shape index (κ3) is 2.48. The van der Waals surface area contributed by atoms with Crippen LogP contribution in [-0.2, 0) is 4.79 Å². The van der Waals surface area contributed by atoms with Gasteiger partial charge < -0.3 is 0 Å². The average Bonchev–Trinajstić information content (AvgIpc) is 2.92. The Morgan fingerprint density at radius 3 is 2.88 bits per heavy atom. The van der Waals surface area contributed by atoms with E-state index in [-0.39, 0.29) is 17.2 Å². The molecule has 2 saturated carbocycles. The number of nitrogens with zero attached hydrogens (tertiary/aromatic N) is 1. The molecular weight excluding hydrogens is 214 g/mol. The summed E-state index contributed by atoms with van der Waals surface area (Å²) in [5, 5.41) is 3.03. The van der Waals surface area contributed by atoms with Crippen LogP contribution in [0.25, 0.3) is 0 Å². The van der Waals surface area contributed by atoms with Crippen molar-refractivity contribution in [3.8, 4) is 0 Å². The molecule has 0 aromatic heterocycles. The summed E-state index contributed by atoms with van der Waals surface area (Å²) in [5.74, 6) is 0.252. The van der Waals surface area contributed by atoms with Gasteiger partial charge in [-0.25, -0.2) is 0 Å². The van der Waals surface area contributed by atoms with Crippen LogP contribution >= 0.6 is 0 Å². The van der Waals surface area contributed by atoms with E-state index in [9.17, 15) is 9.70 Å². The van der Waals surface area contributed by atoms with E-state index in [1.165, 1.54) is 31.3 Å². The lowest BCUT2D eigenvalue weighted by Gasteiger charge is -2.00. The lowest BCUT2D eigenvalue weighted by molar-refractivity contribution is -0.121. The molecule has 0 bridgehead atoms. The van der Waals surface area contributed by atoms with Crippen LogP contribution in [0.1, 0.15) is 58.3 Å². The minimum absolute atomic E-state index is 0.233. The van der Waals surface area contributed by atoms with E-state index >= 15 is 0 Å². The first-order chi connectivity index (χ1) is 8.23. The standard InChI is InChI=1S/C14H21NO2/c1-2-3-4-5-6-7-11-9-14(11)10-12(15-17)8-13(14)16/h7,12H,2-6,8-10H2,1H3. The predicted molar refractivity (Wildman–Crippen MR) is 67.7 cm³/mol. The number of hydrogen-bond donors (Lipinski definition) is 0. The second-order valence-electron chi connectivity index (χ2n) is 5.43. The van der Waals surface area contributed by atoms with E-state index < -0.39 is 0 Å². The van der Waals surface area contributed by atoms with E-state index in [0.29, 0.717) is 12.8 Å². The fourth-order valence-corrected chi connectivity index (χ4v) is 2.95. The molecule has 0 saturated heterocycles. The van der Waals surface area contributed by atoms with Gasteiger partial charge in [0.1, 0.15) is 11.8 Å². The van der Waals surface area contributed by atoms with Crippen molar-refractivity contribution in [2.24, 2.45) is 10.6 Å². The van der Waals surface area contributed by atoms with Crippen LogP contribution in [0.15, 0.2) is 16.8 Å². The van der Waals surface area contributed by atoms with Gasteiger partial charge in [0.15, 0.2) is 0 Å². The molecule has 0 heterocycles. The zero-order valence-electron chi connectivity index (χ0n) is 10.6. The van der Waals surface area contributed by atoms with Gasteiger partial charge >= 0.3 is 0 Å². The smallest absolute Gasteiger partial charge is 0.145 e. The molecule has 0 N–H and O–H groups in total. The van der Waals surface area contributed by atoms with Crippen molar-refractivity contribution in [1.29, 1.82) is 0 Å². The summed E-state index contributed by atoms with van der Waals surface area (Å²) in [5.41, 5.74) is 1.05. The van der Waals surface area contributed by atoms with Crippen LogP contribution in [-0.4, -0.2) is 11.8 Å². The number of rotatable bonds is 6. The number of hydrogen-bond acceptors (Lipinski definition) is 3. The molecule has 2 aliphatic carbocycles. The Hall–Kier alpha value is -0.990. The maximum atomic E-state index is 11.8. The topological polar surface area (TPSA) is 46.5 Å². The quantitative estimate of drug-likeness (QED) is 0.399. The van der Waals surface area contributed by atoms with Gasteiger partial charge in [0.05, 0.1) is 5.41 Å². The number of ketones is 1. The Kier molecular flexibility index (Phi) is 3.75. The first kappa shape index (κ1) is 12.5. The maximum absolute atomic E-state index is 11.8. The van der Waals surface area contributed by atoms with Crippen molar-refractivity contribution in [2.45, 2.75) is 64.3 Å². The Balaban J connectivity index is 1.80. The van der Waals surface area contributed by atoms with Gasteiger partial charge in [-0.05, 0) is 25.7 Å². The van der Waals surface area contributed by atoms with E-state index in [1.54, 1.807) is 0 Å². The number of allylic oxidation sites excluding steroid dienone is 2. The largest absolute Gasteiger partial charge is 0.299 e. The molecule has 2 fully saturated rings. The van der Waals surface area contributed by atoms with Crippen LogP contribution in [0.4, 0.5) is 0 Å². The third-order valence-corrected chi connectivity index (χ3v) is 4.12. The molecule has 0 aromatic carbocycles. The molecule has 2 atom stereocenters. The Morgan fingerprint density at radius 2 is 2.24 bits per heavy atom. The molecule has 0 aromatic rings. The lowest BCUT2D eigenvalue weighted by Crippen LogP contribution is -2.06. The zero-order valence-corrected chi connectivity index (χ0v) is 10.6. The van der Waals surface area contributed by atoms with Crippen LogP contribution in [0.2, 0.25) is 0 Å². The SMILES string of the molecule is CCCCCCC=C1CC12CC(N=O)CC2=O. The van der Waals surface area contributed by atoms with Gasteiger partial charge in [-0.3, -0.25) is 4.79 Å². The molecule has 2 unspecified atom stereocenters. The zero-order chi connectivity index (χ0) is 12.3. The third-order valence-electron chi connectivity index (χ3n) is 4.12. The molecule has 3 heteroatoms. The van der Waals surface area contributed by atoms with Gasteiger partial charge in [-0.2, -0.15) is 4.91 Å². The number of unbranched alkanes of at least 4 members (excludes halogenated alkanes) is 4. The first-order valence-electron chi connectivity index (χ1n) is 6.78. The Morgan fingerprint density at radius 1 is 1.41 bits per heavy atom. The Bertz CT molecular complexity index is 348. The number of carbonyl (C=O) groups excluding carboxylic acids is 1. The monoisotopic (exact) mass is 235 g/mol. The number of nitroso groups, excluding NO2 is 1. The second kappa shape index (κ2) is 5.11. The van der Waals surface area contributed by atoms with Gasteiger partial charge in [0.25, 0.3) is 0 Å². The van der Waals surface area contributed by atoms with Crippen molar-refractivity contribution in [2.75, 3.05) is 0 Å². The van der Waals surface area contributed by atoms with Crippen molar-refractivity contribution in [3.63, 3.8) is 0 Å². The normalized spacial score (nSPS) is 33.6. The molecule has 2 aliphatic rings. The summed E-state index contributed by atoms with van der Waals surface area (Å²) in [6.45, 7) is 2.21. The molecule has 0 radical (unpaired) electrons. The molecule has 0 aliphatic heterocycles. The molecule has 3 nitrogen and oxygen atoms in total. The second-order valence-corrected chi connectivity index (χ2v) is 5.43. The van der Waals surface area contributed by atoms with Gasteiger partial charge in [-0.1, -0.05) is 43.0 Å². The highest BCUT2D eigenvalue weighted by molar-refractivity contribution is 5.95. The summed E-state index contributed by atoms with van der Waals surface area (Å²) in [6.07, 6.45) is 10.3. The summed E-state index contributed by atoms with van der Waals surface area (Å²) in [6, 6.07) is -0.256. The van der Waals surface area contributed by atoms with Crippen LogP contribution in [0, 0.1) is 10.3 Å². The van der Waals surface area contributed by atoms with Gasteiger partial charge in [0, 0.05) is 6.42 Å². The number of carbonyl (C=O) groups is 1. The Labute approximate surface area is 103 Å². The molecular formula is C14H21NO2. The molecule has 0 amide bonds. The molecule has 2 rings (SSSR count). The number of Topliss-reactive ketones (excluding diaryl/α,β-unsaturated/α-hetero) is 1. The van der Waals surface area contributed by atoms with E-state index in [1.807, 2.05) is 0 Å². The lowest BCUT2D eigenvalue weighted by atomic mass is 10.0. The first-order valence-corrected chi connectivity index (χ1v) is 6.78. The summed E-state index contributed by atoms with van der Waals surface area (Å²) in [7, 11) is 0. The highest BCUT2D eigenvalue weighted by Crippen LogP contribution is 2.60. The summed E-state index contributed by atoms with van der Waals surface area (Å²) < 4.78 is 0. The highest BCUT2D eigenvalue weighted by atomic mass is 16.3. The fraction of sp³-hybridized carbons (Fsp3) is 0.786. The molecule has 17 heavy (non-hydrogen) atoms. The predicted octanol–water partition coefficient (Wildman–Crippen LogP) is 3.77. The fourth-order valence-electron chi connectivity index (χ4n) is 2.95. The van der Waals surface area contributed by atoms with Crippen LogP contribution in [0.5, 0.6) is 0 Å². The highest BCUT2D eigenvalue weighted by Gasteiger charge is 2.59. The van der Waals surface area contributed by atoms with Crippen molar-refractivity contribution < 1.29 is 4.79 Å². The minimum Gasteiger partial charge on any atom is -0.299 e.